The van der Waals surface area contributed by atoms with Crippen molar-refractivity contribution in [2.45, 2.75) is 19.8 Å². The topological polar surface area (TPSA) is 81.4 Å². The minimum atomic E-state index is -0.347. The van der Waals surface area contributed by atoms with E-state index in [4.69, 9.17) is 10.5 Å². The fourth-order valence-electron chi connectivity index (χ4n) is 1.29. The molecule has 1 rings (SSSR count). The van der Waals surface area contributed by atoms with E-state index in [0.717, 1.165) is 12.8 Å². The number of carbonyl (C=O) groups is 2. The van der Waals surface area contributed by atoms with Gasteiger partial charge in [-0.15, -0.1) is 0 Å². The molecule has 98 valence electrons. The van der Waals surface area contributed by atoms with Crippen LogP contribution in [0.3, 0.4) is 0 Å². The number of nitrogens with one attached hydrogen (secondary N) is 1. The van der Waals surface area contributed by atoms with Gasteiger partial charge in [-0.2, -0.15) is 0 Å². The van der Waals surface area contributed by atoms with Gasteiger partial charge < -0.3 is 15.8 Å². The molecule has 0 saturated carbocycles. The summed E-state index contributed by atoms with van der Waals surface area (Å²) in [4.78, 5) is 22.6. The largest absolute Gasteiger partial charge is 0.462 e. The summed E-state index contributed by atoms with van der Waals surface area (Å²) < 4.78 is 5.06. The average Bonchev–Trinajstić information content (AvgIpc) is 2.39. The zero-order valence-corrected chi connectivity index (χ0v) is 10.4. The maximum atomic E-state index is 11.6. The summed E-state index contributed by atoms with van der Waals surface area (Å²) in [5.74, 6) is -0.617. The van der Waals surface area contributed by atoms with Crippen LogP contribution in [0.25, 0.3) is 0 Å². The molecule has 1 aromatic carbocycles. The van der Waals surface area contributed by atoms with Gasteiger partial charge in [0.15, 0.2) is 0 Å². The van der Waals surface area contributed by atoms with Crippen molar-refractivity contribution in [3.8, 4) is 0 Å². The SMILES string of the molecule is CCCCOC(=O)c1ccc(NC(=O)CN)cc1. The number of anilines is 1. The summed E-state index contributed by atoms with van der Waals surface area (Å²) in [7, 11) is 0. The molecule has 0 saturated heterocycles. The molecule has 0 atom stereocenters. The summed E-state index contributed by atoms with van der Waals surface area (Å²) in [6.07, 6.45) is 1.84. The first-order chi connectivity index (χ1) is 8.67. The number of esters is 1. The Balaban J connectivity index is 2.54. The van der Waals surface area contributed by atoms with Crippen LogP contribution in [0.1, 0.15) is 30.1 Å². The van der Waals surface area contributed by atoms with Crippen molar-refractivity contribution < 1.29 is 14.3 Å². The molecule has 0 aliphatic carbocycles. The van der Waals surface area contributed by atoms with Gasteiger partial charge in [0.2, 0.25) is 5.91 Å². The van der Waals surface area contributed by atoms with Gasteiger partial charge in [0, 0.05) is 5.69 Å². The predicted molar refractivity (Wildman–Crippen MR) is 69.3 cm³/mol. The second kappa shape index (κ2) is 7.45. The molecule has 0 unspecified atom stereocenters. The summed E-state index contributed by atoms with van der Waals surface area (Å²) in [6.45, 7) is 2.39. The van der Waals surface area contributed by atoms with Gasteiger partial charge in [0.05, 0.1) is 18.7 Å². The molecule has 0 spiro atoms. The van der Waals surface area contributed by atoms with Gasteiger partial charge in [-0.05, 0) is 30.7 Å². The molecule has 0 radical (unpaired) electrons. The fraction of sp³-hybridized carbons (Fsp3) is 0.385. The molecule has 5 nitrogen and oxygen atoms in total. The molecular formula is C13H18N2O3. The van der Waals surface area contributed by atoms with Gasteiger partial charge in [-0.25, -0.2) is 4.79 Å². The quantitative estimate of drug-likeness (QED) is 0.592. The maximum Gasteiger partial charge on any atom is 0.338 e. The second-order valence-corrected chi connectivity index (χ2v) is 3.82. The van der Waals surface area contributed by atoms with Crippen LogP contribution >= 0.6 is 0 Å². The smallest absolute Gasteiger partial charge is 0.338 e. The third kappa shape index (κ3) is 4.55. The van der Waals surface area contributed by atoms with Crippen LogP contribution in [-0.2, 0) is 9.53 Å². The van der Waals surface area contributed by atoms with Crippen molar-refractivity contribution in [1.82, 2.24) is 0 Å². The number of amides is 1. The van der Waals surface area contributed by atoms with Crippen molar-refractivity contribution in [2.75, 3.05) is 18.5 Å². The lowest BCUT2D eigenvalue weighted by atomic mass is 10.2. The summed E-state index contributed by atoms with van der Waals surface area (Å²) in [6, 6.07) is 6.51. The first-order valence-electron chi connectivity index (χ1n) is 5.94. The molecule has 1 aromatic rings. The van der Waals surface area contributed by atoms with Crippen molar-refractivity contribution in [3.63, 3.8) is 0 Å². The minimum Gasteiger partial charge on any atom is -0.462 e. The van der Waals surface area contributed by atoms with Crippen molar-refractivity contribution in [3.05, 3.63) is 29.8 Å². The van der Waals surface area contributed by atoms with E-state index < -0.39 is 0 Å². The molecule has 18 heavy (non-hydrogen) atoms. The highest BCUT2D eigenvalue weighted by Gasteiger charge is 2.07. The summed E-state index contributed by atoms with van der Waals surface area (Å²) in [5.41, 5.74) is 6.26. The number of unbranched alkanes of at least 4 members (excludes halogenated alkanes) is 1. The van der Waals surface area contributed by atoms with Crippen LogP contribution in [-0.4, -0.2) is 25.0 Å². The Kier molecular flexibility index (Phi) is 5.87. The molecule has 0 fully saturated rings. The van der Waals surface area contributed by atoms with Crippen LogP contribution < -0.4 is 11.1 Å². The van der Waals surface area contributed by atoms with Crippen LogP contribution in [0.2, 0.25) is 0 Å². The summed E-state index contributed by atoms with van der Waals surface area (Å²) in [5, 5.41) is 2.59. The van der Waals surface area contributed by atoms with Gasteiger partial charge >= 0.3 is 5.97 Å². The van der Waals surface area contributed by atoms with E-state index in [-0.39, 0.29) is 18.4 Å². The monoisotopic (exact) mass is 250 g/mol. The Morgan fingerprint density at radius 2 is 1.94 bits per heavy atom. The second-order valence-electron chi connectivity index (χ2n) is 3.82. The van der Waals surface area contributed by atoms with Crippen LogP contribution in [0.15, 0.2) is 24.3 Å². The molecule has 0 aliphatic heterocycles. The Morgan fingerprint density at radius 3 is 2.50 bits per heavy atom. The molecule has 5 heteroatoms. The average molecular weight is 250 g/mol. The van der Waals surface area contributed by atoms with Crippen molar-refractivity contribution in [1.29, 1.82) is 0 Å². The van der Waals surface area contributed by atoms with Gasteiger partial charge in [0.25, 0.3) is 0 Å². The van der Waals surface area contributed by atoms with E-state index in [0.29, 0.717) is 17.9 Å². The summed E-state index contributed by atoms with van der Waals surface area (Å²) >= 11 is 0. The third-order valence-electron chi connectivity index (χ3n) is 2.32. The van der Waals surface area contributed by atoms with Gasteiger partial charge in [0.1, 0.15) is 0 Å². The van der Waals surface area contributed by atoms with Gasteiger partial charge in [-0.1, -0.05) is 13.3 Å². The molecule has 0 aliphatic rings. The molecule has 0 bridgehead atoms. The Hall–Kier alpha value is -1.88. The Morgan fingerprint density at radius 1 is 1.28 bits per heavy atom. The van der Waals surface area contributed by atoms with Gasteiger partial charge in [-0.3, -0.25) is 4.79 Å². The van der Waals surface area contributed by atoms with E-state index >= 15 is 0 Å². The highest BCUT2D eigenvalue weighted by Crippen LogP contribution is 2.10. The third-order valence-corrected chi connectivity index (χ3v) is 2.32. The van der Waals surface area contributed by atoms with E-state index in [1.54, 1.807) is 24.3 Å². The zero-order valence-electron chi connectivity index (χ0n) is 10.4. The molecule has 0 aromatic heterocycles. The normalized spacial score (nSPS) is 9.89. The van der Waals surface area contributed by atoms with Crippen LogP contribution in [0.4, 0.5) is 5.69 Å². The van der Waals surface area contributed by atoms with E-state index in [1.807, 2.05) is 6.92 Å². The molecule has 1 amide bonds. The molecule has 0 heterocycles. The van der Waals surface area contributed by atoms with Crippen LogP contribution in [0, 0.1) is 0 Å². The Bertz CT molecular complexity index is 401. The number of carbonyl (C=O) groups excluding carboxylic acids is 2. The maximum absolute atomic E-state index is 11.6. The standard InChI is InChI=1S/C13H18N2O3/c1-2-3-8-18-13(17)10-4-6-11(7-5-10)15-12(16)9-14/h4-7H,2-3,8-9,14H2,1H3,(H,15,16). The first kappa shape index (κ1) is 14.2. The number of nitrogens with two attached hydrogens (primary N) is 1. The lowest BCUT2D eigenvalue weighted by Crippen LogP contribution is -2.21. The predicted octanol–water partition coefficient (Wildman–Crippen LogP) is 1.54. The van der Waals surface area contributed by atoms with E-state index in [9.17, 15) is 9.59 Å². The van der Waals surface area contributed by atoms with Crippen LogP contribution in [0.5, 0.6) is 0 Å². The number of benzene rings is 1. The highest BCUT2D eigenvalue weighted by molar-refractivity contribution is 5.93. The highest BCUT2D eigenvalue weighted by atomic mass is 16.5. The number of hydrogen-bond donors (Lipinski definition) is 2. The first-order valence-corrected chi connectivity index (χ1v) is 5.94. The number of rotatable bonds is 6. The molecule has 3 N–H and O–H groups in total. The number of ether oxygens (including phenoxy) is 1. The number of hydrogen-bond acceptors (Lipinski definition) is 4. The van der Waals surface area contributed by atoms with Crippen molar-refractivity contribution in [2.24, 2.45) is 5.73 Å². The zero-order chi connectivity index (χ0) is 13.4. The van der Waals surface area contributed by atoms with E-state index in [2.05, 4.69) is 5.32 Å². The lowest BCUT2D eigenvalue weighted by Gasteiger charge is -2.06. The van der Waals surface area contributed by atoms with Crippen molar-refractivity contribution >= 4 is 17.6 Å². The molecular weight excluding hydrogens is 232 g/mol. The minimum absolute atomic E-state index is 0.0686. The van der Waals surface area contributed by atoms with E-state index in [1.165, 1.54) is 0 Å². The fourth-order valence-corrected chi connectivity index (χ4v) is 1.29. The Labute approximate surface area is 106 Å². The lowest BCUT2D eigenvalue weighted by molar-refractivity contribution is -0.114.